The number of aromatic nitrogens is 1. The monoisotopic (exact) mass is 339 g/mol. The number of ether oxygens (including phenoxy) is 1. The summed E-state index contributed by atoms with van der Waals surface area (Å²) in [5, 5.41) is 3.44. The van der Waals surface area contributed by atoms with Crippen molar-refractivity contribution in [1.29, 1.82) is 0 Å². The molecule has 0 amide bonds. The predicted molar refractivity (Wildman–Crippen MR) is 55.2 cm³/mol. The van der Waals surface area contributed by atoms with Crippen molar-refractivity contribution in [2.75, 3.05) is 0 Å². The van der Waals surface area contributed by atoms with Crippen LogP contribution >= 0.6 is 0 Å². The van der Waals surface area contributed by atoms with Gasteiger partial charge in [0.2, 0.25) is 0 Å². The fraction of sp³-hybridized carbons (Fsp3) is 0.375. The van der Waals surface area contributed by atoms with Crippen molar-refractivity contribution < 1.29 is 39.5 Å². The second-order valence-corrected chi connectivity index (χ2v) is 5.06. The number of hydrogen-bond acceptors (Lipinski definition) is 5. The predicted octanol–water partition coefficient (Wildman–Crippen LogP) is 1.11. The number of pyridine rings is 1. The Bertz CT molecular complexity index is 640. The average molecular weight is 339 g/mol. The maximum atomic E-state index is 12.7. The quantitative estimate of drug-likeness (QED) is 0.802. The van der Waals surface area contributed by atoms with Gasteiger partial charge in [-0.3, -0.25) is 0 Å². The highest BCUT2D eigenvalue weighted by Gasteiger charge is 2.42. The van der Waals surface area contributed by atoms with Crippen molar-refractivity contribution in [1.82, 2.24) is 4.98 Å². The molecular weight excluding hydrogens is 332 g/mol. The van der Waals surface area contributed by atoms with E-state index in [4.69, 9.17) is 5.73 Å². The zero-order chi connectivity index (χ0) is 16.6. The van der Waals surface area contributed by atoms with Gasteiger partial charge < -0.3 is 10.5 Å². The lowest BCUT2D eigenvalue weighted by Gasteiger charge is -2.19. The van der Waals surface area contributed by atoms with E-state index >= 15 is 0 Å². The molecule has 0 radical (unpaired) electrons. The van der Waals surface area contributed by atoms with Crippen molar-refractivity contribution in [3.63, 3.8) is 0 Å². The lowest BCUT2D eigenvalue weighted by Crippen LogP contribution is -2.25. The molecule has 0 bridgehead atoms. The van der Waals surface area contributed by atoms with E-state index in [1.54, 1.807) is 0 Å². The second kappa shape index (κ2) is 5.31. The van der Waals surface area contributed by atoms with E-state index in [0.717, 1.165) is 0 Å². The number of sulfonamides is 1. The van der Waals surface area contributed by atoms with E-state index in [1.807, 2.05) is 0 Å². The maximum Gasteiger partial charge on any atom is 0.573 e. The van der Waals surface area contributed by atoms with Crippen LogP contribution in [0.2, 0.25) is 0 Å². The highest BCUT2D eigenvalue weighted by Crippen LogP contribution is 2.41. The standard InChI is InChI=1S/C8H7F6N3O3S/c9-7(10,11)4-2-17-6(21(16,18)19)3(1-15)5(4)20-8(12,13)14/h2H,1,15H2,(H2,16,18,19). The lowest BCUT2D eigenvalue weighted by molar-refractivity contribution is -0.276. The van der Waals surface area contributed by atoms with Crippen molar-refractivity contribution in [3.8, 4) is 5.75 Å². The fourth-order valence-electron chi connectivity index (χ4n) is 1.38. The Morgan fingerprint density at radius 2 is 1.71 bits per heavy atom. The third-order valence-electron chi connectivity index (χ3n) is 2.08. The Morgan fingerprint density at radius 3 is 2.05 bits per heavy atom. The molecule has 1 aromatic rings. The molecular formula is C8H7F6N3O3S. The van der Waals surface area contributed by atoms with Crippen molar-refractivity contribution in [2.45, 2.75) is 24.1 Å². The first-order chi connectivity index (χ1) is 9.27. The van der Waals surface area contributed by atoms with Gasteiger partial charge in [0, 0.05) is 18.3 Å². The number of nitrogens with two attached hydrogens (primary N) is 2. The van der Waals surface area contributed by atoms with Gasteiger partial charge in [-0.15, -0.1) is 13.2 Å². The summed E-state index contributed by atoms with van der Waals surface area (Å²) in [6.45, 7) is -1.02. The Morgan fingerprint density at radius 1 is 1.19 bits per heavy atom. The van der Waals surface area contributed by atoms with Crippen LogP contribution in [-0.2, 0) is 22.7 Å². The summed E-state index contributed by atoms with van der Waals surface area (Å²) in [4.78, 5) is 2.92. The minimum Gasteiger partial charge on any atom is -0.405 e. The molecule has 0 saturated carbocycles. The van der Waals surface area contributed by atoms with E-state index in [2.05, 4.69) is 14.9 Å². The SMILES string of the molecule is NCc1c(S(N)(=O)=O)ncc(C(F)(F)F)c1OC(F)(F)F. The summed E-state index contributed by atoms with van der Waals surface area (Å²) >= 11 is 0. The molecule has 1 rings (SSSR count). The summed E-state index contributed by atoms with van der Waals surface area (Å²) in [6, 6.07) is 0. The van der Waals surface area contributed by atoms with Crippen LogP contribution in [-0.4, -0.2) is 19.8 Å². The first kappa shape index (κ1) is 17.5. The third kappa shape index (κ3) is 4.18. The first-order valence-electron chi connectivity index (χ1n) is 4.85. The molecule has 0 aliphatic rings. The van der Waals surface area contributed by atoms with Crippen molar-refractivity contribution in [3.05, 3.63) is 17.3 Å². The molecule has 0 aliphatic carbocycles. The zero-order valence-electron chi connectivity index (χ0n) is 9.79. The second-order valence-electron chi connectivity index (χ2n) is 3.58. The Hall–Kier alpha value is -1.60. The molecule has 0 unspecified atom stereocenters. The summed E-state index contributed by atoms with van der Waals surface area (Å²) in [5.74, 6) is -1.79. The summed E-state index contributed by atoms with van der Waals surface area (Å²) < 4.78 is 100. The number of alkyl halides is 6. The van der Waals surface area contributed by atoms with Crippen LogP contribution in [0.15, 0.2) is 11.2 Å². The Kier molecular flexibility index (Phi) is 4.41. The van der Waals surface area contributed by atoms with Gasteiger partial charge >= 0.3 is 12.5 Å². The van der Waals surface area contributed by atoms with Crippen LogP contribution in [0.4, 0.5) is 26.3 Å². The minimum absolute atomic E-state index is 0.125. The van der Waals surface area contributed by atoms with Gasteiger partial charge in [0.1, 0.15) is 5.56 Å². The molecule has 0 aromatic carbocycles. The molecule has 0 spiro atoms. The number of rotatable bonds is 3. The number of nitrogens with zero attached hydrogens (tertiary/aromatic N) is 1. The van der Waals surface area contributed by atoms with Crippen LogP contribution < -0.4 is 15.6 Å². The fourth-order valence-corrected chi connectivity index (χ4v) is 2.10. The van der Waals surface area contributed by atoms with Gasteiger partial charge in [-0.05, 0) is 0 Å². The van der Waals surface area contributed by atoms with Crippen LogP contribution in [0.1, 0.15) is 11.1 Å². The molecule has 6 nitrogen and oxygen atoms in total. The summed E-state index contributed by atoms with van der Waals surface area (Å²) in [6.07, 6.45) is -10.9. The molecule has 0 fully saturated rings. The van der Waals surface area contributed by atoms with Crippen molar-refractivity contribution >= 4 is 10.0 Å². The molecule has 1 heterocycles. The molecule has 21 heavy (non-hydrogen) atoms. The number of primary sulfonamides is 1. The normalized spacial score (nSPS) is 13.3. The zero-order valence-corrected chi connectivity index (χ0v) is 10.6. The largest absolute Gasteiger partial charge is 0.573 e. The highest BCUT2D eigenvalue weighted by molar-refractivity contribution is 7.89. The van der Waals surface area contributed by atoms with Gasteiger partial charge in [-0.25, -0.2) is 18.5 Å². The molecule has 4 N–H and O–H groups in total. The smallest absolute Gasteiger partial charge is 0.405 e. The topological polar surface area (TPSA) is 108 Å². The van der Waals surface area contributed by atoms with Crippen LogP contribution in [0.3, 0.4) is 0 Å². The Balaban J connectivity index is 3.73. The maximum absolute atomic E-state index is 12.7. The van der Waals surface area contributed by atoms with Crippen LogP contribution in [0, 0.1) is 0 Å². The van der Waals surface area contributed by atoms with E-state index < -0.39 is 51.0 Å². The van der Waals surface area contributed by atoms with Gasteiger partial charge in [-0.1, -0.05) is 0 Å². The summed E-state index contributed by atoms with van der Waals surface area (Å²) in [7, 11) is -4.69. The Labute approximate surface area is 113 Å². The lowest BCUT2D eigenvalue weighted by atomic mass is 10.1. The minimum atomic E-state index is -5.50. The number of halogens is 6. The highest BCUT2D eigenvalue weighted by atomic mass is 32.2. The molecule has 0 saturated heterocycles. The van der Waals surface area contributed by atoms with Gasteiger partial charge in [0.25, 0.3) is 10.0 Å². The molecule has 120 valence electrons. The van der Waals surface area contributed by atoms with Crippen LogP contribution in [0.25, 0.3) is 0 Å². The van der Waals surface area contributed by atoms with E-state index in [1.165, 1.54) is 0 Å². The molecule has 13 heteroatoms. The van der Waals surface area contributed by atoms with Gasteiger partial charge in [0.15, 0.2) is 10.8 Å². The van der Waals surface area contributed by atoms with E-state index in [-0.39, 0.29) is 6.20 Å². The average Bonchev–Trinajstić information content (AvgIpc) is 2.23. The first-order valence-corrected chi connectivity index (χ1v) is 6.39. The van der Waals surface area contributed by atoms with Crippen molar-refractivity contribution in [2.24, 2.45) is 10.9 Å². The van der Waals surface area contributed by atoms with Crippen LogP contribution in [0.5, 0.6) is 5.75 Å². The number of hydrogen-bond donors (Lipinski definition) is 2. The summed E-state index contributed by atoms with van der Waals surface area (Å²) in [5.41, 5.74) is 1.96. The molecule has 0 aliphatic heterocycles. The third-order valence-corrected chi connectivity index (χ3v) is 2.98. The van der Waals surface area contributed by atoms with Gasteiger partial charge in [-0.2, -0.15) is 13.2 Å². The van der Waals surface area contributed by atoms with E-state index in [0.29, 0.717) is 0 Å². The molecule has 0 atom stereocenters. The molecule has 1 aromatic heterocycles. The van der Waals surface area contributed by atoms with Gasteiger partial charge in [0.05, 0.1) is 0 Å². The van der Waals surface area contributed by atoms with E-state index in [9.17, 15) is 34.8 Å².